The first-order valence-electron chi connectivity index (χ1n) is 15.5. The quantitative estimate of drug-likeness (QED) is 0.130. The maximum Gasteiger partial charge on any atom is 0.260 e. The number of rotatable bonds is 13. The van der Waals surface area contributed by atoms with E-state index in [-0.39, 0.29) is 24.6 Å². The van der Waals surface area contributed by atoms with Crippen LogP contribution in [0.25, 0.3) is 10.2 Å². The van der Waals surface area contributed by atoms with E-state index in [1.165, 1.54) is 11.3 Å². The lowest BCUT2D eigenvalue weighted by Gasteiger charge is -2.34. The van der Waals surface area contributed by atoms with Crippen LogP contribution in [-0.2, 0) is 12.8 Å². The van der Waals surface area contributed by atoms with Crippen LogP contribution in [0.1, 0.15) is 69.0 Å². The van der Waals surface area contributed by atoms with Crippen molar-refractivity contribution in [1.82, 2.24) is 15.6 Å². The Morgan fingerprint density at radius 1 is 1.11 bits per heavy atom. The highest BCUT2D eigenvalue weighted by Gasteiger charge is 2.24. The SMILES string of the molecule is CCCc1cc(N2CCC(NCC(O)c3ccc(C(=O)N[C@@H](CO)Cc4ccccc4)cc3)CC2)nc2sc(C(N)=O)c(N)c12. The minimum Gasteiger partial charge on any atom is -0.397 e. The molecule has 8 N–H and O–H groups in total. The van der Waals surface area contributed by atoms with Crippen molar-refractivity contribution in [2.75, 3.05) is 36.9 Å². The summed E-state index contributed by atoms with van der Waals surface area (Å²) in [6, 6.07) is 18.6. The maximum atomic E-state index is 12.8. The van der Waals surface area contributed by atoms with E-state index in [4.69, 9.17) is 16.5 Å². The smallest absolute Gasteiger partial charge is 0.260 e. The zero-order valence-electron chi connectivity index (χ0n) is 25.5. The molecule has 238 valence electrons. The van der Waals surface area contributed by atoms with Crippen LogP contribution >= 0.6 is 11.3 Å². The number of nitrogens with zero attached hydrogens (tertiary/aromatic N) is 2. The number of aliphatic hydroxyl groups excluding tert-OH is 2. The van der Waals surface area contributed by atoms with Gasteiger partial charge in [-0.15, -0.1) is 11.3 Å². The molecule has 1 aliphatic rings. The van der Waals surface area contributed by atoms with Gasteiger partial charge in [-0.1, -0.05) is 55.8 Å². The Hall–Kier alpha value is -4.03. The molecule has 1 saturated heterocycles. The van der Waals surface area contributed by atoms with Gasteiger partial charge >= 0.3 is 0 Å². The van der Waals surface area contributed by atoms with Crippen molar-refractivity contribution < 1.29 is 19.8 Å². The number of aliphatic hydroxyl groups is 2. The van der Waals surface area contributed by atoms with Crippen molar-refractivity contribution in [2.24, 2.45) is 5.73 Å². The highest BCUT2D eigenvalue weighted by molar-refractivity contribution is 7.21. The van der Waals surface area contributed by atoms with E-state index in [1.807, 2.05) is 30.3 Å². The molecule has 1 unspecified atom stereocenters. The average Bonchev–Trinajstić information content (AvgIpc) is 3.40. The fourth-order valence-corrected chi connectivity index (χ4v) is 6.88. The molecule has 10 nitrogen and oxygen atoms in total. The third-order valence-corrected chi connectivity index (χ3v) is 9.48. The molecule has 2 aromatic carbocycles. The minimum absolute atomic E-state index is 0.158. The fraction of sp³-hybridized carbons (Fsp3) is 0.382. The lowest BCUT2D eigenvalue weighted by atomic mass is 10.0. The van der Waals surface area contributed by atoms with E-state index >= 15 is 0 Å². The predicted octanol–water partition coefficient (Wildman–Crippen LogP) is 3.56. The number of nitrogens with two attached hydrogens (primary N) is 2. The molecule has 0 spiro atoms. The van der Waals surface area contributed by atoms with Gasteiger partial charge < -0.3 is 37.2 Å². The number of nitrogens with one attached hydrogen (secondary N) is 2. The second-order valence-corrected chi connectivity index (χ2v) is 12.6. The Morgan fingerprint density at radius 3 is 2.47 bits per heavy atom. The number of fused-ring (bicyclic) bond motifs is 1. The number of aromatic nitrogens is 1. The number of carbonyl (C=O) groups is 2. The number of aryl methyl sites for hydroxylation is 1. The number of hydrogen-bond acceptors (Lipinski definition) is 9. The molecule has 1 aliphatic heterocycles. The Kier molecular flexibility index (Phi) is 10.7. The molecule has 2 aromatic heterocycles. The average molecular weight is 631 g/mol. The Bertz CT molecular complexity index is 1600. The van der Waals surface area contributed by atoms with Crippen LogP contribution in [0.5, 0.6) is 0 Å². The number of benzene rings is 2. The molecule has 3 heterocycles. The highest BCUT2D eigenvalue weighted by atomic mass is 32.1. The third-order valence-electron chi connectivity index (χ3n) is 8.37. The van der Waals surface area contributed by atoms with Gasteiger partial charge in [0, 0.05) is 36.6 Å². The Labute approximate surface area is 267 Å². The second kappa shape index (κ2) is 14.8. The van der Waals surface area contributed by atoms with Crippen molar-refractivity contribution in [1.29, 1.82) is 0 Å². The standard InChI is InChI=1S/C34H42N6O4S/c1-2-6-24-18-28(39-34-29(24)30(35)31(45-34)32(36)43)40-15-13-25(14-16-40)37-19-27(42)22-9-11-23(12-10-22)33(44)38-26(20-41)17-21-7-4-3-5-8-21/h3-5,7-12,18,25-27,37,41-42H,2,6,13-17,19-20,35H2,1H3,(H2,36,43)(H,38,44)/t26-,27?/m1/s1. The molecule has 4 aromatic rings. The first-order chi connectivity index (χ1) is 21.8. The summed E-state index contributed by atoms with van der Waals surface area (Å²) in [7, 11) is 0. The summed E-state index contributed by atoms with van der Waals surface area (Å²) in [4.78, 5) is 32.9. The number of piperidine rings is 1. The molecule has 45 heavy (non-hydrogen) atoms. The van der Waals surface area contributed by atoms with Crippen LogP contribution in [0.15, 0.2) is 60.7 Å². The van der Waals surface area contributed by atoms with Crippen molar-refractivity contribution >= 4 is 44.9 Å². The van der Waals surface area contributed by atoms with Crippen molar-refractivity contribution in [2.45, 2.75) is 57.2 Å². The zero-order valence-corrected chi connectivity index (χ0v) is 26.4. The second-order valence-electron chi connectivity index (χ2n) is 11.6. The number of amides is 2. The number of primary amides is 1. The largest absolute Gasteiger partial charge is 0.397 e. The minimum atomic E-state index is -0.715. The lowest BCUT2D eigenvalue weighted by Crippen LogP contribution is -2.44. The number of carbonyl (C=O) groups excluding carboxylic acids is 2. The third kappa shape index (κ3) is 7.80. The molecule has 2 atom stereocenters. The van der Waals surface area contributed by atoms with Gasteiger partial charge in [0.1, 0.15) is 15.5 Å². The van der Waals surface area contributed by atoms with Gasteiger partial charge in [-0.2, -0.15) is 0 Å². The summed E-state index contributed by atoms with van der Waals surface area (Å²) in [6.45, 7) is 3.97. The predicted molar refractivity (Wildman–Crippen MR) is 180 cm³/mol. The summed E-state index contributed by atoms with van der Waals surface area (Å²) in [6.07, 6.45) is 3.39. The van der Waals surface area contributed by atoms with E-state index in [9.17, 15) is 19.8 Å². The maximum absolute atomic E-state index is 12.8. The normalized spacial score (nSPS) is 15.2. The van der Waals surface area contributed by atoms with Crippen LogP contribution in [0.2, 0.25) is 0 Å². The van der Waals surface area contributed by atoms with Gasteiger partial charge in [0.25, 0.3) is 11.8 Å². The fourth-order valence-electron chi connectivity index (χ4n) is 5.89. The van der Waals surface area contributed by atoms with Gasteiger partial charge in [-0.05, 0) is 60.6 Å². The zero-order chi connectivity index (χ0) is 31.9. The van der Waals surface area contributed by atoms with Gasteiger partial charge in [-0.3, -0.25) is 9.59 Å². The van der Waals surface area contributed by atoms with Crippen molar-refractivity contribution in [3.8, 4) is 0 Å². The summed E-state index contributed by atoms with van der Waals surface area (Å²) < 4.78 is 0. The van der Waals surface area contributed by atoms with Gasteiger partial charge in [0.15, 0.2) is 0 Å². The number of thiophene rings is 1. The van der Waals surface area contributed by atoms with E-state index < -0.39 is 12.0 Å². The topological polar surface area (TPSA) is 167 Å². The van der Waals surface area contributed by atoms with Gasteiger partial charge in [-0.25, -0.2) is 4.98 Å². The van der Waals surface area contributed by atoms with Crippen molar-refractivity contribution in [3.05, 3.63) is 87.8 Å². The first kappa shape index (κ1) is 32.4. The van der Waals surface area contributed by atoms with Crippen LogP contribution in [0, 0.1) is 0 Å². The van der Waals surface area contributed by atoms with Crippen LogP contribution in [-0.4, -0.2) is 65.3 Å². The lowest BCUT2D eigenvalue weighted by molar-refractivity contribution is 0.0915. The molecule has 0 bridgehead atoms. The number of nitrogen functional groups attached to an aromatic ring is 1. The molecular formula is C34H42N6O4S. The molecular weight excluding hydrogens is 588 g/mol. The molecule has 0 radical (unpaired) electrons. The van der Waals surface area contributed by atoms with E-state index in [2.05, 4.69) is 28.5 Å². The monoisotopic (exact) mass is 630 g/mol. The first-order valence-corrected chi connectivity index (χ1v) is 16.3. The summed E-state index contributed by atoms with van der Waals surface area (Å²) in [5, 5.41) is 27.8. The molecule has 0 saturated carbocycles. The molecule has 5 rings (SSSR count). The highest BCUT2D eigenvalue weighted by Crippen LogP contribution is 2.37. The summed E-state index contributed by atoms with van der Waals surface area (Å²) in [5.74, 6) is 0.0964. The van der Waals surface area contributed by atoms with Crippen molar-refractivity contribution in [3.63, 3.8) is 0 Å². The van der Waals surface area contributed by atoms with Crippen LogP contribution in [0.3, 0.4) is 0 Å². The molecule has 11 heteroatoms. The molecule has 1 fully saturated rings. The van der Waals surface area contributed by atoms with Gasteiger partial charge in [0.05, 0.1) is 24.4 Å². The number of hydrogen-bond donors (Lipinski definition) is 6. The number of anilines is 2. The summed E-state index contributed by atoms with van der Waals surface area (Å²) >= 11 is 1.26. The van der Waals surface area contributed by atoms with E-state index in [1.54, 1.807) is 24.3 Å². The van der Waals surface area contributed by atoms with Crippen LogP contribution < -0.4 is 27.0 Å². The molecule has 0 aliphatic carbocycles. The summed E-state index contributed by atoms with van der Waals surface area (Å²) in [5.41, 5.74) is 15.6. The number of pyridine rings is 1. The Morgan fingerprint density at radius 2 is 1.82 bits per heavy atom. The Balaban J connectivity index is 1.12. The molecule has 2 amide bonds. The van der Waals surface area contributed by atoms with E-state index in [0.29, 0.717) is 29.1 Å². The van der Waals surface area contributed by atoms with Gasteiger partial charge in [0.2, 0.25) is 0 Å². The van der Waals surface area contributed by atoms with Crippen LogP contribution in [0.4, 0.5) is 11.5 Å². The van der Waals surface area contributed by atoms with E-state index in [0.717, 1.165) is 71.5 Å².